The van der Waals surface area contributed by atoms with Crippen molar-refractivity contribution in [1.82, 2.24) is 0 Å². The van der Waals surface area contributed by atoms with Crippen LogP contribution in [0.3, 0.4) is 0 Å². The lowest BCUT2D eigenvalue weighted by atomic mass is 9.61. The highest BCUT2D eigenvalue weighted by Gasteiger charge is 2.47. The second-order valence-corrected chi connectivity index (χ2v) is 21.0. The maximum absolute atomic E-state index is 6.55. The quantitative estimate of drug-likeness (QED) is 0.151. The standard InChI is InChI=1S/C69H55NO/c1-67(2)42-43-68(3,4)65-53(28-19-32-61(65)67)46-34-36-48(37-35-46)58-44-59-55-26-14-16-31-60(55)69(49-20-8-5-9-21-49,50-22-10-6-11-23-50)62(59)45-63(58)70(51-24-12-7-13-25-51)52-40-38-47(39-41-52)54-29-18-30-57-56-27-15-17-33-64(56)71-66(54)57/h5-41,44-45H,42-43H2,1-4H3. The summed E-state index contributed by atoms with van der Waals surface area (Å²) in [5.74, 6) is 0. The highest BCUT2D eigenvalue weighted by molar-refractivity contribution is 6.09. The molecule has 2 nitrogen and oxygen atoms in total. The number of hydrogen-bond acceptors (Lipinski definition) is 2. The van der Waals surface area contributed by atoms with Crippen LogP contribution in [-0.4, -0.2) is 0 Å². The molecule has 0 aliphatic heterocycles. The van der Waals surface area contributed by atoms with E-state index in [1.807, 2.05) is 6.07 Å². The number of fused-ring (bicyclic) bond motifs is 7. The predicted molar refractivity (Wildman–Crippen MR) is 297 cm³/mol. The van der Waals surface area contributed by atoms with Crippen molar-refractivity contribution in [2.24, 2.45) is 0 Å². The van der Waals surface area contributed by atoms with Gasteiger partial charge in [0.1, 0.15) is 11.2 Å². The van der Waals surface area contributed by atoms with E-state index in [1.165, 1.54) is 79.6 Å². The van der Waals surface area contributed by atoms with Crippen LogP contribution in [0.15, 0.2) is 241 Å². The summed E-state index contributed by atoms with van der Waals surface area (Å²) in [6.45, 7) is 9.70. The molecule has 0 saturated carbocycles. The molecule has 2 heteroatoms. The molecule has 342 valence electrons. The molecule has 10 aromatic carbocycles. The first-order chi connectivity index (χ1) is 34.7. The van der Waals surface area contributed by atoms with E-state index in [9.17, 15) is 0 Å². The SMILES string of the molecule is CC1(C)CCC(C)(C)c2c(-c3ccc(-c4cc5c(cc4N(c4ccccc4)c4ccc(-c6cccc7c6oc6ccccc67)cc4)C(c4ccccc4)(c4ccccc4)c4ccccc4-5)cc3)cccc21. The maximum Gasteiger partial charge on any atom is 0.143 e. The summed E-state index contributed by atoms with van der Waals surface area (Å²) >= 11 is 0. The minimum absolute atomic E-state index is 0.0784. The van der Waals surface area contributed by atoms with Crippen molar-refractivity contribution in [1.29, 1.82) is 0 Å². The van der Waals surface area contributed by atoms with Gasteiger partial charge in [0.25, 0.3) is 0 Å². The first kappa shape index (κ1) is 42.9. The molecular formula is C69H55NO. The van der Waals surface area contributed by atoms with Gasteiger partial charge < -0.3 is 9.32 Å². The van der Waals surface area contributed by atoms with Crippen LogP contribution in [0.2, 0.25) is 0 Å². The number of furan rings is 1. The molecule has 0 N–H and O–H groups in total. The minimum Gasteiger partial charge on any atom is -0.455 e. The summed E-state index contributed by atoms with van der Waals surface area (Å²) < 4.78 is 6.55. The van der Waals surface area contributed by atoms with Crippen LogP contribution in [0.25, 0.3) is 66.4 Å². The number of rotatable bonds is 8. The van der Waals surface area contributed by atoms with Crippen LogP contribution in [0.5, 0.6) is 0 Å². The number of para-hydroxylation sites is 3. The highest BCUT2D eigenvalue weighted by Crippen LogP contribution is 2.59. The average Bonchev–Trinajstić information content (AvgIpc) is 3.95. The topological polar surface area (TPSA) is 16.4 Å². The fourth-order valence-electron chi connectivity index (χ4n) is 12.5. The number of nitrogens with zero attached hydrogens (tertiary/aromatic N) is 1. The fraction of sp³-hybridized carbons (Fsp3) is 0.130. The molecule has 11 aromatic rings. The highest BCUT2D eigenvalue weighted by atomic mass is 16.3. The lowest BCUT2D eigenvalue weighted by Gasteiger charge is -2.43. The average molecular weight is 914 g/mol. The minimum atomic E-state index is -0.573. The van der Waals surface area contributed by atoms with E-state index in [-0.39, 0.29) is 10.8 Å². The Hall–Kier alpha value is -8.20. The second kappa shape index (κ2) is 16.5. The number of anilines is 3. The molecule has 2 aliphatic carbocycles. The van der Waals surface area contributed by atoms with E-state index in [1.54, 1.807) is 0 Å². The van der Waals surface area contributed by atoms with Gasteiger partial charge in [-0.25, -0.2) is 0 Å². The third kappa shape index (κ3) is 6.76. The second-order valence-electron chi connectivity index (χ2n) is 21.0. The van der Waals surface area contributed by atoms with Crippen LogP contribution >= 0.6 is 0 Å². The van der Waals surface area contributed by atoms with E-state index in [2.05, 4.69) is 263 Å². The monoisotopic (exact) mass is 913 g/mol. The molecule has 13 rings (SSSR count). The van der Waals surface area contributed by atoms with E-state index in [0.29, 0.717) is 0 Å². The van der Waals surface area contributed by atoms with E-state index < -0.39 is 5.41 Å². The Labute approximate surface area is 417 Å². The molecule has 0 spiro atoms. The van der Waals surface area contributed by atoms with Gasteiger partial charge in [0, 0.05) is 33.3 Å². The van der Waals surface area contributed by atoms with Crippen molar-refractivity contribution in [2.45, 2.75) is 56.8 Å². The van der Waals surface area contributed by atoms with Crippen LogP contribution in [0, 0.1) is 0 Å². The Morgan fingerprint density at radius 3 is 1.59 bits per heavy atom. The molecular weight excluding hydrogens is 859 g/mol. The maximum atomic E-state index is 6.55. The van der Waals surface area contributed by atoms with Crippen LogP contribution in [0.1, 0.15) is 73.9 Å². The van der Waals surface area contributed by atoms with Crippen molar-refractivity contribution in [2.75, 3.05) is 4.90 Å². The van der Waals surface area contributed by atoms with Crippen LogP contribution in [-0.2, 0) is 16.2 Å². The Balaban J connectivity index is 1.05. The van der Waals surface area contributed by atoms with Gasteiger partial charge in [0.15, 0.2) is 0 Å². The van der Waals surface area contributed by atoms with Crippen molar-refractivity contribution in [3.8, 4) is 44.5 Å². The van der Waals surface area contributed by atoms with Crippen molar-refractivity contribution < 1.29 is 4.42 Å². The Kier molecular flexibility index (Phi) is 9.94. The van der Waals surface area contributed by atoms with Gasteiger partial charge >= 0.3 is 0 Å². The van der Waals surface area contributed by atoms with Crippen LogP contribution in [0.4, 0.5) is 17.1 Å². The summed E-state index contributed by atoms with van der Waals surface area (Å²) in [4.78, 5) is 2.47. The first-order valence-corrected chi connectivity index (χ1v) is 25.2. The summed E-state index contributed by atoms with van der Waals surface area (Å²) in [6.07, 6.45) is 2.36. The Morgan fingerprint density at radius 2 is 0.873 bits per heavy atom. The van der Waals surface area contributed by atoms with Gasteiger partial charge in [-0.3, -0.25) is 0 Å². The van der Waals surface area contributed by atoms with Gasteiger partial charge in [-0.2, -0.15) is 0 Å². The molecule has 0 fully saturated rings. The lowest BCUT2D eigenvalue weighted by Crippen LogP contribution is -2.34. The molecule has 71 heavy (non-hydrogen) atoms. The molecule has 0 saturated heterocycles. The molecule has 2 aliphatic rings. The van der Waals surface area contributed by atoms with Gasteiger partial charge in [-0.15, -0.1) is 0 Å². The third-order valence-corrected chi connectivity index (χ3v) is 16.0. The number of hydrogen-bond donors (Lipinski definition) is 0. The Bertz CT molecular complexity index is 3750. The molecule has 0 atom stereocenters. The third-order valence-electron chi connectivity index (χ3n) is 16.0. The lowest BCUT2D eigenvalue weighted by molar-refractivity contribution is 0.333. The van der Waals surface area contributed by atoms with Crippen molar-refractivity contribution in [3.63, 3.8) is 0 Å². The predicted octanol–water partition coefficient (Wildman–Crippen LogP) is 18.8. The summed E-state index contributed by atoms with van der Waals surface area (Å²) in [5, 5.41) is 2.26. The molecule has 0 amide bonds. The van der Waals surface area contributed by atoms with Crippen molar-refractivity contribution >= 4 is 39.0 Å². The zero-order chi connectivity index (χ0) is 47.9. The first-order valence-electron chi connectivity index (χ1n) is 25.2. The van der Waals surface area contributed by atoms with Crippen molar-refractivity contribution in [3.05, 3.63) is 270 Å². The molecule has 0 bridgehead atoms. The molecule has 1 aromatic heterocycles. The normalized spacial score (nSPS) is 15.0. The summed E-state index contributed by atoms with van der Waals surface area (Å²) in [6, 6.07) is 87.6. The smallest absolute Gasteiger partial charge is 0.143 e. The van der Waals surface area contributed by atoms with E-state index >= 15 is 0 Å². The van der Waals surface area contributed by atoms with Gasteiger partial charge in [0.05, 0.1) is 11.1 Å². The summed E-state index contributed by atoms with van der Waals surface area (Å²) in [5.41, 5.74) is 22.3. The molecule has 0 unspecified atom stereocenters. The fourth-order valence-corrected chi connectivity index (χ4v) is 12.5. The van der Waals surface area contributed by atoms with Gasteiger partial charge in [0.2, 0.25) is 0 Å². The van der Waals surface area contributed by atoms with E-state index in [4.69, 9.17) is 4.42 Å². The zero-order valence-electron chi connectivity index (χ0n) is 40.8. The molecule has 0 radical (unpaired) electrons. The van der Waals surface area contributed by atoms with Gasteiger partial charge in [-0.05, 0) is 133 Å². The largest absolute Gasteiger partial charge is 0.455 e. The van der Waals surface area contributed by atoms with Gasteiger partial charge in [-0.1, -0.05) is 222 Å². The molecule has 1 heterocycles. The van der Waals surface area contributed by atoms with E-state index in [0.717, 1.165) is 50.1 Å². The summed E-state index contributed by atoms with van der Waals surface area (Å²) in [7, 11) is 0. The van der Waals surface area contributed by atoms with Crippen LogP contribution < -0.4 is 4.90 Å². The zero-order valence-corrected chi connectivity index (χ0v) is 40.8. The Morgan fingerprint density at radius 1 is 0.366 bits per heavy atom. The number of benzene rings is 10.